The number of fused-ring (bicyclic) bond motifs is 1. The smallest absolute Gasteiger partial charge is 0.253 e. The van der Waals surface area contributed by atoms with Crippen LogP contribution in [0.5, 0.6) is 11.5 Å². The number of halogens is 1. The minimum atomic E-state index is -0.212. The molecule has 24 heavy (non-hydrogen) atoms. The lowest BCUT2D eigenvalue weighted by atomic mass is 10.1. The molecular weight excluding hydrogens is 328 g/mol. The molecule has 126 valence electrons. The SMILES string of the molecule is CCOc1cc2c(cc1CNC(=O)c1ccc(Cl)nc1)O[C@H](C)C2. The molecule has 0 radical (unpaired) electrons. The van der Waals surface area contributed by atoms with Crippen molar-refractivity contribution in [2.24, 2.45) is 0 Å². The Balaban J connectivity index is 1.75. The number of hydrogen-bond donors (Lipinski definition) is 1. The van der Waals surface area contributed by atoms with E-state index in [0.717, 1.165) is 29.0 Å². The fourth-order valence-electron chi connectivity index (χ4n) is 2.70. The average molecular weight is 347 g/mol. The Morgan fingerprint density at radius 2 is 2.29 bits per heavy atom. The third kappa shape index (κ3) is 3.62. The number of nitrogens with one attached hydrogen (secondary N) is 1. The van der Waals surface area contributed by atoms with E-state index in [4.69, 9.17) is 21.1 Å². The first-order chi connectivity index (χ1) is 11.6. The molecule has 0 saturated carbocycles. The topological polar surface area (TPSA) is 60.5 Å². The van der Waals surface area contributed by atoms with E-state index in [9.17, 15) is 4.79 Å². The summed E-state index contributed by atoms with van der Waals surface area (Å²) >= 11 is 5.74. The molecule has 0 fully saturated rings. The van der Waals surface area contributed by atoms with Crippen molar-refractivity contribution in [3.05, 3.63) is 52.3 Å². The van der Waals surface area contributed by atoms with Gasteiger partial charge in [-0.1, -0.05) is 11.6 Å². The lowest BCUT2D eigenvalue weighted by Gasteiger charge is -2.13. The van der Waals surface area contributed by atoms with Gasteiger partial charge in [-0.15, -0.1) is 0 Å². The molecule has 1 aromatic heterocycles. The molecular formula is C18H19ClN2O3. The summed E-state index contributed by atoms with van der Waals surface area (Å²) in [5.41, 5.74) is 2.49. The zero-order valence-corrected chi connectivity index (χ0v) is 14.4. The Morgan fingerprint density at radius 3 is 3.00 bits per heavy atom. The second-order valence-electron chi connectivity index (χ2n) is 5.69. The van der Waals surface area contributed by atoms with Crippen molar-refractivity contribution in [1.29, 1.82) is 0 Å². The molecule has 2 heterocycles. The molecule has 1 amide bonds. The number of aromatic nitrogens is 1. The second-order valence-corrected chi connectivity index (χ2v) is 6.07. The molecule has 0 spiro atoms. The first-order valence-electron chi connectivity index (χ1n) is 7.91. The van der Waals surface area contributed by atoms with E-state index in [-0.39, 0.29) is 12.0 Å². The lowest BCUT2D eigenvalue weighted by Crippen LogP contribution is -2.23. The van der Waals surface area contributed by atoms with Crippen LogP contribution >= 0.6 is 11.6 Å². The second kappa shape index (κ2) is 7.09. The van der Waals surface area contributed by atoms with E-state index < -0.39 is 0 Å². The van der Waals surface area contributed by atoms with Crippen LogP contribution in [0.15, 0.2) is 30.5 Å². The molecule has 0 bridgehead atoms. The van der Waals surface area contributed by atoms with Crippen LogP contribution in [0.25, 0.3) is 0 Å². The molecule has 6 heteroatoms. The van der Waals surface area contributed by atoms with Crippen LogP contribution in [0.4, 0.5) is 0 Å². The van der Waals surface area contributed by atoms with Crippen molar-refractivity contribution in [3.63, 3.8) is 0 Å². The summed E-state index contributed by atoms with van der Waals surface area (Å²) in [4.78, 5) is 16.1. The van der Waals surface area contributed by atoms with Crippen LogP contribution in [-0.2, 0) is 13.0 Å². The summed E-state index contributed by atoms with van der Waals surface area (Å²) in [5.74, 6) is 1.43. The average Bonchev–Trinajstić information content (AvgIpc) is 2.92. The van der Waals surface area contributed by atoms with Gasteiger partial charge in [0, 0.05) is 30.3 Å². The normalized spacial score (nSPS) is 15.5. The molecule has 1 N–H and O–H groups in total. The van der Waals surface area contributed by atoms with E-state index in [0.29, 0.717) is 23.9 Å². The number of nitrogens with zero attached hydrogens (tertiary/aromatic N) is 1. The van der Waals surface area contributed by atoms with Crippen molar-refractivity contribution in [1.82, 2.24) is 10.3 Å². The Bertz CT molecular complexity index is 747. The molecule has 2 aromatic rings. The number of hydrogen-bond acceptors (Lipinski definition) is 4. The summed E-state index contributed by atoms with van der Waals surface area (Å²) < 4.78 is 11.5. The number of rotatable bonds is 5. The van der Waals surface area contributed by atoms with E-state index in [2.05, 4.69) is 10.3 Å². The van der Waals surface area contributed by atoms with Gasteiger partial charge in [-0.2, -0.15) is 0 Å². The van der Waals surface area contributed by atoms with E-state index >= 15 is 0 Å². The van der Waals surface area contributed by atoms with Crippen molar-refractivity contribution < 1.29 is 14.3 Å². The maximum atomic E-state index is 12.2. The fraction of sp³-hybridized carbons (Fsp3) is 0.333. The minimum Gasteiger partial charge on any atom is -0.494 e. The summed E-state index contributed by atoms with van der Waals surface area (Å²) in [6.45, 7) is 4.89. The monoisotopic (exact) mass is 346 g/mol. The van der Waals surface area contributed by atoms with Crippen molar-refractivity contribution in [2.75, 3.05) is 6.61 Å². The maximum Gasteiger partial charge on any atom is 0.253 e. The van der Waals surface area contributed by atoms with Crippen LogP contribution in [0.3, 0.4) is 0 Å². The number of carbonyl (C=O) groups excluding carboxylic acids is 1. The first kappa shape index (κ1) is 16.6. The van der Waals surface area contributed by atoms with Gasteiger partial charge in [-0.3, -0.25) is 4.79 Å². The van der Waals surface area contributed by atoms with Gasteiger partial charge in [-0.05, 0) is 38.1 Å². The molecule has 5 nitrogen and oxygen atoms in total. The Hall–Kier alpha value is -2.27. The van der Waals surface area contributed by atoms with Crippen molar-refractivity contribution >= 4 is 17.5 Å². The molecule has 1 aliphatic heterocycles. The largest absolute Gasteiger partial charge is 0.494 e. The Labute approximate surface area is 145 Å². The Morgan fingerprint density at radius 1 is 1.46 bits per heavy atom. The number of amides is 1. The number of pyridine rings is 1. The van der Waals surface area contributed by atoms with Gasteiger partial charge in [0.05, 0.1) is 12.2 Å². The highest BCUT2D eigenvalue weighted by molar-refractivity contribution is 6.29. The first-order valence-corrected chi connectivity index (χ1v) is 8.29. The quantitative estimate of drug-likeness (QED) is 0.843. The van der Waals surface area contributed by atoms with Crippen LogP contribution in [-0.4, -0.2) is 23.6 Å². The minimum absolute atomic E-state index is 0.166. The van der Waals surface area contributed by atoms with Gasteiger partial charge >= 0.3 is 0 Å². The van der Waals surface area contributed by atoms with Crippen LogP contribution < -0.4 is 14.8 Å². The standard InChI is InChI=1S/C18H19ClN2O3/c1-3-23-15-7-13-6-11(2)24-16(13)8-14(15)10-21-18(22)12-4-5-17(19)20-9-12/h4-5,7-9,11H,3,6,10H2,1-2H3,(H,21,22)/t11-/m1/s1. The van der Waals surface area contributed by atoms with E-state index in [1.165, 1.54) is 6.20 Å². The zero-order chi connectivity index (χ0) is 17.1. The van der Waals surface area contributed by atoms with Gasteiger partial charge in [0.1, 0.15) is 22.8 Å². The highest BCUT2D eigenvalue weighted by atomic mass is 35.5. The predicted molar refractivity (Wildman–Crippen MR) is 91.8 cm³/mol. The summed E-state index contributed by atoms with van der Waals surface area (Å²) in [6.07, 6.45) is 2.49. The maximum absolute atomic E-state index is 12.2. The molecule has 3 rings (SSSR count). The van der Waals surface area contributed by atoms with Crippen molar-refractivity contribution in [3.8, 4) is 11.5 Å². The number of ether oxygens (including phenoxy) is 2. The van der Waals surface area contributed by atoms with E-state index in [1.54, 1.807) is 12.1 Å². The summed E-state index contributed by atoms with van der Waals surface area (Å²) in [7, 11) is 0. The Kier molecular flexibility index (Phi) is 4.90. The van der Waals surface area contributed by atoms with E-state index in [1.807, 2.05) is 26.0 Å². The number of benzene rings is 1. The van der Waals surface area contributed by atoms with Gasteiger partial charge < -0.3 is 14.8 Å². The molecule has 1 aromatic carbocycles. The fourth-order valence-corrected chi connectivity index (χ4v) is 2.81. The molecule has 0 aliphatic carbocycles. The lowest BCUT2D eigenvalue weighted by molar-refractivity contribution is 0.0950. The van der Waals surface area contributed by atoms with Gasteiger partial charge in [0.15, 0.2) is 0 Å². The van der Waals surface area contributed by atoms with Crippen LogP contribution in [0.1, 0.15) is 35.3 Å². The van der Waals surface area contributed by atoms with Crippen molar-refractivity contribution in [2.45, 2.75) is 32.9 Å². The predicted octanol–water partition coefficient (Wildman–Crippen LogP) is 3.39. The molecule has 1 aliphatic rings. The highest BCUT2D eigenvalue weighted by Gasteiger charge is 2.22. The third-order valence-corrected chi connectivity index (χ3v) is 4.03. The van der Waals surface area contributed by atoms with Gasteiger partial charge in [0.2, 0.25) is 0 Å². The van der Waals surface area contributed by atoms with Crippen LogP contribution in [0, 0.1) is 0 Å². The zero-order valence-electron chi connectivity index (χ0n) is 13.6. The molecule has 0 saturated heterocycles. The molecule has 1 atom stereocenters. The van der Waals surface area contributed by atoms with Gasteiger partial charge in [-0.25, -0.2) is 4.98 Å². The third-order valence-electron chi connectivity index (χ3n) is 3.81. The summed E-state index contributed by atoms with van der Waals surface area (Å²) in [6, 6.07) is 7.19. The van der Waals surface area contributed by atoms with Gasteiger partial charge in [0.25, 0.3) is 5.91 Å². The highest BCUT2D eigenvalue weighted by Crippen LogP contribution is 2.35. The van der Waals surface area contributed by atoms with Crippen LogP contribution in [0.2, 0.25) is 5.15 Å². The number of carbonyl (C=O) groups is 1. The summed E-state index contributed by atoms with van der Waals surface area (Å²) in [5, 5.41) is 3.23. The molecule has 0 unspecified atom stereocenters.